The highest BCUT2D eigenvalue weighted by atomic mass is 16.3. The van der Waals surface area contributed by atoms with E-state index in [4.69, 9.17) is 0 Å². The van der Waals surface area contributed by atoms with Gasteiger partial charge in [0.05, 0.1) is 5.69 Å². The summed E-state index contributed by atoms with van der Waals surface area (Å²) in [4.78, 5) is 28.1. The molecular weight excluding hydrogens is 328 g/mol. The molecule has 5 nitrogen and oxygen atoms in total. The van der Waals surface area contributed by atoms with E-state index in [1.54, 1.807) is 11.9 Å². The number of aliphatic hydroxyl groups excluding tert-OH is 1. The molecule has 1 heterocycles. The van der Waals surface area contributed by atoms with Gasteiger partial charge in [0.2, 0.25) is 5.91 Å². The fourth-order valence-electron chi connectivity index (χ4n) is 3.38. The van der Waals surface area contributed by atoms with Gasteiger partial charge in [0.25, 0.3) is 5.91 Å². The van der Waals surface area contributed by atoms with Crippen LogP contribution in [0.25, 0.3) is 0 Å². The lowest BCUT2D eigenvalue weighted by Crippen LogP contribution is -2.38. The molecule has 0 radical (unpaired) electrons. The molecule has 0 aromatic heterocycles. The average Bonchev–Trinajstić information content (AvgIpc) is 2.98. The first-order valence-corrected chi connectivity index (χ1v) is 8.89. The lowest BCUT2D eigenvalue weighted by Gasteiger charge is -2.24. The van der Waals surface area contributed by atoms with Crippen molar-refractivity contribution < 1.29 is 14.7 Å². The van der Waals surface area contributed by atoms with Crippen molar-refractivity contribution >= 4 is 23.2 Å². The molecule has 2 atom stereocenters. The molecule has 2 aromatic rings. The average molecular weight is 352 g/mol. The van der Waals surface area contributed by atoms with Crippen molar-refractivity contribution in [2.45, 2.75) is 32.2 Å². The molecule has 0 saturated heterocycles. The first-order chi connectivity index (χ1) is 12.5. The summed E-state index contributed by atoms with van der Waals surface area (Å²) in [7, 11) is 1.55. The summed E-state index contributed by atoms with van der Waals surface area (Å²) in [6.45, 7) is 3.71. The molecule has 1 aliphatic heterocycles. The van der Waals surface area contributed by atoms with Gasteiger partial charge in [-0.2, -0.15) is 0 Å². The topological polar surface area (TPSA) is 60.9 Å². The molecule has 2 amide bonds. The van der Waals surface area contributed by atoms with Gasteiger partial charge in [-0.15, -0.1) is 0 Å². The number of hydrogen-bond donors (Lipinski definition) is 1. The van der Waals surface area contributed by atoms with E-state index in [1.807, 2.05) is 36.4 Å². The van der Waals surface area contributed by atoms with Crippen molar-refractivity contribution in [1.82, 2.24) is 4.90 Å². The van der Waals surface area contributed by atoms with Crippen molar-refractivity contribution in [3.63, 3.8) is 0 Å². The zero-order valence-electron chi connectivity index (χ0n) is 15.3. The molecule has 1 aliphatic rings. The third-order valence-corrected chi connectivity index (χ3v) is 5.18. The minimum atomic E-state index is -0.722. The number of para-hydroxylation sites is 1. The zero-order valence-corrected chi connectivity index (χ0v) is 15.3. The number of carbonyl (C=O) groups is 2. The largest absolute Gasteiger partial charge is 0.387 e. The number of carbonyl (C=O) groups excluding carboxylic acids is 2. The number of amides is 2. The van der Waals surface area contributed by atoms with Crippen molar-refractivity contribution in [3.05, 3.63) is 59.7 Å². The van der Waals surface area contributed by atoms with Gasteiger partial charge in [-0.1, -0.05) is 44.2 Å². The van der Waals surface area contributed by atoms with E-state index in [2.05, 4.69) is 26.0 Å². The van der Waals surface area contributed by atoms with Crippen molar-refractivity contribution in [2.75, 3.05) is 18.6 Å². The Morgan fingerprint density at radius 2 is 1.85 bits per heavy atom. The number of rotatable bonds is 5. The summed E-state index contributed by atoms with van der Waals surface area (Å²) in [6, 6.07) is 14.7. The molecule has 0 fully saturated rings. The van der Waals surface area contributed by atoms with Crippen LogP contribution < -0.4 is 4.90 Å². The Kier molecular flexibility index (Phi) is 5.09. The van der Waals surface area contributed by atoms with Gasteiger partial charge in [0.1, 0.15) is 12.6 Å². The molecule has 26 heavy (non-hydrogen) atoms. The predicted octanol–water partition coefficient (Wildman–Crippen LogP) is 3.37. The Balaban J connectivity index is 2.01. The minimum absolute atomic E-state index is 0.188. The Bertz CT molecular complexity index is 816. The highest BCUT2D eigenvalue weighted by Gasteiger charge is 2.41. The maximum atomic E-state index is 13.2. The number of nitrogens with zero attached hydrogens (tertiary/aromatic N) is 2. The number of anilines is 2. The third-order valence-electron chi connectivity index (χ3n) is 5.18. The van der Waals surface area contributed by atoms with Crippen LogP contribution in [0.2, 0.25) is 0 Å². The number of fused-ring (bicyclic) bond motifs is 1. The zero-order chi connectivity index (χ0) is 18.8. The summed E-state index contributed by atoms with van der Waals surface area (Å²) in [5, 5.41) is 9.17. The molecular formula is C21H24N2O3. The fraction of sp³-hybridized carbons (Fsp3) is 0.333. The quantitative estimate of drug-likeness (QED) is 0.897. The van der Waals surface area contributed by atoms with Crippen LogP contribution in [0.3, 0.4) is 0 Å². The second kappa shape index (κ2) is 7.30. The lowest BCUT2D eigenvalue weighted by atomic mass is 9.98. The first kappa shape index (κ1) is 18.1. The number of hydrogen-bond acceptors (Lipinski definition) is 3. The van der Waals surface area contributed by atoms with Crippen LogP contribution in [0.4, 0.5) is 11.4 Å². The molecule has 5 heteroatoms. The highest BCUT2D eigenvalue weighted by Crippen LogP contribution is 2.43. The Morgan fingerprint density at radius 1 is 1.19 bits per heavy atom. The van der Waals surface area contributed by atoms with Crippen LogP contribution in [0.1, 0.15) is 43.4 Å². The lowest BCUT2D eigenvalue weighted by molar-refractivity contribution is -0.139. The molecule has 2 aromatic carbocycles. The van der Waals surface area contributed by atoms with Crippen LogP contribution in [0.15, 0.2) is 48.5 Å². The number of aliphatic hydroxyl groups is 1. The summed E-state index contributed by atoms with van der Waals surface area (Å²) in [5.41, 5.74) is 3.56. The van der Waals surface area contributed by atoms with Crippen LogP contribution in [0.5, 0.6) is 0 Å². The van der Waals surface area contributed by atoms with Crippen LogP contribution in [-0.2, 0) is 9.59 Å². The maximum absolute atomic E-state index is 13.2. The van der Waals surface area contributed by atoms with E-state index in [0.717, 1.165) is 23.4 Å². The minimum Gasteiger partial charge on any atom is -0.387 e. The van der Waals surface area contributed by atoms with E-state index in [1.165, 1.54) is 10.5 Å². The smallest absolute Gasteiger partial charge is 0.259 e. The summed E-state index contributed by atoms with van der Waals surface area (Å²) >= 11 is 0. The maximum Gasteiger partial charge on any atom is 0.259 e. The predicted molar refractivity (Wildman–Crippen MR) is 101 cm³/mol. The van der Waals surface area contributed by atoms with E-state index in [-0.39, 0.29) is 5.91 Å². The fourth-order valence-corrected chi connectivity index (χ4v) is 3.38. The van der Waals surface area contributed by atoms with E-state index < -0.39 is 18.6 Å². The Morgan fingerprint density at radius 3 is 2.46 bits per heavy atom. The molecule has 0 saturated carbocycles. The number of likely N-dealkylation sites (N-methyl/N-ethyl adjacent to an activating group) is 1. The summed E-state index contributed by atoms with van der Waals surface area (Å²) < 4.78 is 0. The Labute approximate surface area is 153 Å². The van der Waals surface area contributed by atoms with Gasteiger partial charge in [-0.25, -0.2) is 0 Å². The van der Waals surface area contributed by atoms with Gasteiger partial charge in [0, 0.05) is 18.3 Å². The van der Waals surface area contributed by atoms with E-state index >= 15 is 0 Å². The molecule has 1 N–H and O–H groups in total. The third kappa shape index (κ3) is 2.99. The van der Waals surface area contributed by atoms with Crippen molar-refractivity contribution in [2.24, 2.45) is 0 Å². The normalized spacial score (nSPS) is 17.2. The molecule has 2 unspecified atom stereocenters. The van der Waals surface area contributed by atoms with E-state index in [9.17, 15) is 14.7 Å². The highest BCUT2D eigenvalue weighted by molar-refractivity contribution is 6.11. The second-order valence-corrected chi connectivity index (χ2v) is 6.70. The summed E-state index contributed by atoms with van der Waals surface area (Å²) in [5.74, 6) is -0.203. The van der Waals surface area contributed by atoms with Gasteiger partial charge in [0.15, 0.2) is 0 Å². The van der Waals surface area contributed by atoms with E-state index in [0.29, 0.717) is 5.92 Å². The van der Waals surface area contributed by atoms with Crippen LogP contribution in [0, 0.1) is 0 Å². The van der Waals surface area contributed by atoms with Gasteiger partial charge in [-0.05, 0) is 36.1 Å². The SMILES string of the molecule is CCC(C)c1ccc(N2C(=O)C(N(C)C(=O)CO)c3ccccc32)cc1. The van der Waals surface area contributed by atoms with Gasteiger partial charge < -0.3 is 10.0 Å². The van der Waals surface area contributed by atoms with Gasteiger partial charge in [-0.3, -0.25) is 14.5 Å². The van der Waals surface area contributed by atoms with Crippen molar-refractivity contribution in [1.29, 1.82) is 0 Å². The second-order valence-electron chi connectivity index (χ2n) is 6.70. The van der Waals surface area contributed by atoms with Gasteiger partial charge >= 0.3 is 0 Å². The summed E-state index contributed by atoms with van der Waals surface area (Å²) in [6.07, 6.45) is 1.06. The van der Waals surface area contributed by atoms with Crippen LogP contribution >= 0.6 is 0 Å². The molecule has 0 spiro atoms. The molecule has 0 bridgehead atoms. The number of benzene rings is 2. The van der Waals surface area contributed by atoms with Crippen molar-refractivity contribution in [3.8, 4) is 0 Å². The Hall–Kier alpha value is -2.66. The first-order valence-electron chi connectivity index (χ1n) is 8.89. The molecule has 136 valence electrons. The molecule has 3 rings (SSSR count). The molecule has 0 aliphatic carbocycles. The van der Waals surface area contributed by atoms with Crippen LogP contribution in [-0.4, -0.2) is 35.5 Å². The monoisotopic (exact) mass is 352 g/mol. The standard InChI is InChI=1S/C21H24N2O3/c1-4-14(2)15-9-11-16(12-10-15)23-18-8-6-5-7-17(18)20(21(23)26)22(3)19(25)13-24/h5-12,14,20,24H,4,13H2,1-3H3.